The normalized spacial score (nSPS) is 32.0. The molecule has 168 valence electrons. The number of nitrogens with zero attached hydrogens (tertiary/aromatic N) is 2. The molecule has 2 saturated heterocycles. The van der Waals surface area contributed by atoms with Gasteiger partial charge in [0.2, 0.25) is 5.91 Å². The zero-order valence-electron chi connectivity index (χ0n) is 18.4. The van der Waals surface area contributed by atoms with Crippen molar-refractivity contribution in [2.75, 3.05) is 53.5 Å². The summed E-state index contributed by atoms with van der Waals surface area (Å²) < 4.78 is 12.1. The maximum atomic E-state index is 12.3. The highest BCUT2D eigenvalue weighted by atomic mass is 16.5. The molecule has 2 aliphatic heterocycles. The first-order valence-electron chi connectivity index (χ1n) is 11.6. The molecule has 0 aromatic rings. The Morgan fingerprint density at radius 1 is 1.17 bits per heavy atom. The van der Waals surface area contributed by atoms with Crippen molar-refractivity contribution < 1.29 is 19.4 Å². The van der Waals surface area contributed by atoms with Crippen LogP contribution in [-0.2, 0) is 14.3 Å². The van der Waals surface area contributed by atoms with Crippen LogP contribution in [0.4, 0.5) is 0 Å². The number of carbonyl (C=O) groups excluding carboxylic acids is 1. The van der Waals surface area contributed by atoms with E-state index in [0.717, 1.165) is 38.3 Å². The maximum Gasteiger partial charge on any atom is 0.222 e. The lowest BCUT2D eigenvalue weighted by molar-refractivity contribution is -0.158. The minimum Gasteiger partial charge on any atom is -0.389 e. The predicted molar refractivity (Wildman–Crippen MR) is 113 cm³/mol. The quantitative estimate of drug-likeness (QED) is 0.586. The zero-order chi connectivity index (χ0) is 20.6. The van der Waals surface area contributed by atoms with E-state index in [-0.39, 0.29) is 24.2 Å². The van der Waals surface area contributed by atoms with Crippen LogP contribution >= 0.6 is 0 Å². The molecular weight excluding hydrogens is 370 g/mol. The number of hydrogen-bond donors (Lipinski definition) is 2. The van der Waals surface area contributed by atoms with Crippen molar-refractivity contribution in [1.82, 2.24) is 15.1 Å². The molecule has 0 unspecified atom stereocenters. The third kappa shape index (κ3) is 7.47. The van der Waals surface area contributed by atoms with Crippen LogP contribution in [0.2, 0.25) is 0 Å². The largest absolute Gasteiger partial charge is 0.389 e. The highest BCUT2D eigenvalue weighted by molar-refractivity contribution is 5.76. The van der Waals surface area contributed by atoms with Gasteiger partial charge in [0, 0.05) is 25.7 Å². The van der Waals surface area contributed by atoms with Gasteiger partial charge < -0.3 is 24.8 Å². The Labute approximate surface area is 176 Å². The van der Waals surface area contributed by atoms with E-state index >= 15 is 0 Å². The minimum absolute atomic E-state index is 0.0100. The third-order valence-corrected chi connectivity index (χ3v) is 6.57. The first-order chi connectivity index (χ1) is 14.0. The molecular formula is C22H41N3O4. The van der Waals surface area contributed by atoms with Gasteiger partial charge in [-0.25, -0.2) is 0 Å². The number of amides is 1. The number of carbonyl (C=O) groups is 1. The van der Waals surface area contributed by atoms with E-state index in [1.807, 2.05) is 14.1 Å². The number of fused-ring (bicyclic) bond motifs is 1. The van der Waals surface area contributed by atoms with Gasteiger partial charge in [0.15, 0.2) is 0 Å². The highest BCUT2D eigenvalue weighted by Crippen LogP contribution is 2.31. The molecule has 1 amide bonds. The van der Waals surface area contributed by atoms with Crippen LogP contribution in [0.5, 0.6) is 0 Å². The summed E-state index contributed by atoms with van der Waals surface area (Å²) in [5.41, 5.74) is 0. The van der Waals surface area contributed by atoms with Crippen LogP contribution in [0.25, 0.3) is 0 Å². The van der Waals surface area contributed by atoms with Gasteiger partial charge in [-0.2, -0.15) is 0 Å². The summed E-state index contributed by atoms with van der Waals surface area (Å²) in [6, 6.07) is 0.282. The van der Waals surface area contributed by atoms with Crippen molar-refractivity contribution >= 4 is 5.91 Å². The summed E-state index contributed by atoms with van der Waals surface area (Å²) in [5, 5.41) is 13.3. The first-order valence-corrected chi connectivity index (χ1v) is 11.6. The molecule has 7 heteroatoms. The molecule has 0 bridgehead atoms. The SMILES string of the molecule is CN(C)CCCNC(=O)C[C@@H]1CC[C@@H]2[C@H](COC[C@@H](O)CN2CC2CCCC2)O1. The molecule has 0 spiro atoms. The van der Waals surface area contributed by atoms with E-state index in [1.54, 1.807) is 0 Å². The molecule has 3 aliphatic rings. The topological polar surface area (TPSA) is 74.3 Å². The molecule has 7 nitrogen and oxygen atoms in total. The Balaban J connectivity index is 1.49. The Bertz CT molecular complexity index is 498. The van der Waals surface area contributed by atoms with Crippen molar-refractivity contribution in [3.05, 3.63) is 0 Å². The minimum atomic E-state index is -0.428. The Morgan fingerprint density at radius 3 is 2.72 bits per heavy atom. The van der Waals surface area contributed by atoms with E-state index in [1.165, 1.54) is 25.7 Å². The molecule has 3 rings (SSSR count). The van der Waals surface area contributed by atoms with Gasteiger partial charge in [0.25, 0.3) is 0 Å². The maximum absolute atomic E-state index is 12.3. The Morgan fingerprint density at radius 2 is 1.97 bits per heavy atom. The van der Waals surface area contributed by atoms with Gasteiger partial charge in [-0.3, -0.25) is 9.69 Å². The molecule has 4 atom stereocenters. The second-order valence-corrected chi connectivity index (χ2v) is 9.45. The molecule has 3 fully saturated rings. The number of nitrogens with one attached hydrogen (secondary N) is 1. The van der Waals surface area contributed by atoms with Gasteiger partial charge in [-0.15, -0.1) is 0 Å². The molecule has 2 heterocycles. The fourth-order valence-corrected chi connectivity index (χ4v) is 5.08. The summed E-state index contributed by atoms with van der Waals surface area (Å²) in [6.07, 6.45) is 8.09. The number of rotatable bonds is 8. The molecule has 29 heavy (non-hydrogen) atoms. The van der Waals surface area contributed by atoms with E-state index < -0.39 is 6.10 Å². The third-order valence-electron chi connectivity index (χ3n) is 6.57. The molecule has 1 aliphatic carbocycles. The Hall–Kier alpha value is -0.730. The van der Waals surface area contributed by atoms with Gasteiger partial charge in [-0.1, -0.05) is 12.8 Å². The van der Waals surface area contributed by atoms with Gasteiger partial charge in [0.05, 0.1) is 37.9 Å². The fourth-order valence-electron chi connectivity index (χ4n) is 5.08. The molecule has 0 radical (unpaired) electrons. The summed E-state index contributed by atoms with van der Waals surface area (Å²) in [5.74, 6) is 0.825. The molecule has 2 N–H and O–H groups in total. The van der Waals surface area contributed by atoms with Gasteiger partial charge in [-0.05, 0) is 58.7 Å². The average Bonchev–Trinajstić information content (AvgIpc) is 3.17. The number of hydrogen-bond acceptors (Lipinski definition) is 6. The van der Waals surface area contributed by atoms with Crippen LogP contribution in [0, 0.1) is 5.92 Å². The van der Waals surface area contributed by atoms with E-state index in [4.69, 9.17) is 9.47 Å². The standard InChI is InChI=1S/C22H41N3O4/c1-24(2)11-5-10-23-22(27)12-19-8-9-20-21(29-19)16-28-15-18(26)14-25(20)13-17-6-3-4-7-17/h17-21,26H,3-16H2,1-2H3,(H,23,27)/t18-,19-,20+,21-/m0/s1. The van der Waals surface area contributed by atoms with Gasteiger partial charge >= 0.3 is 0 Å². The smallest absolute Gasteiger partial charge is 0.222 e. The summed E-state index contributed by atoms with van der Waals surface area (Å²) in [7, 11) is 4.08. The average molecular weight is 412 g/mol. The lowest BCUT2D eigenvalue weighted by atomic mass is 9.93. The van der Waals surface area contributed by atoms with Crippen molar-refractivity contribution in [2.45, 2.75) is 75.7 Å². The lowest BCUT2D eigenvalue weighted by Crippen LogP contribution is -2.56. The van der Waals surface area contributed by atoms with E-state index in [9.17, 15) is 9.90 Å². The highest BCUT2D eigenvalue weighted by Gasteiger charge is 2.38. The molecule has 0 aromatic heterocycles. The summed E-state index contributed by atoms with van der Waals surface area (Å²) in [6.45, 7) is 4.28. The van der Waals surface area contributed by atoms with Crippen molar-refractivity contribution in [2.24, 2.45) is 5.92 Å². The zero-order valence-corrected chi connectivity index (χ0v) is 18.4. The summed E-state index contributed by atoms with van der Waals surface area (Å²) >= 11 is 0. The lowest BCUT2D eigenvalue weighted by Gasteiger charge is -2.45. The van der Waals surface area contributed by atoms with Crippen molar-refractivity contribution in [1.29, 1.82) is 0 Å². The number of aliphatic hydroxyl groups is 1. The fraction of sp³-hybridized carbons (Fsp3) is 0.955. The molecule has 0 aromatic carbocycles. The van der Waals surface area contributed by atoms with Crippen LogP contribution in [0.15, 0.2) is 0 Å². The van der Waals surface area contributed by atoms with Crippen LogP contribution in [0.1, 0.15) is 51.4 Å². The van der Waals surface area contributed by atoms with Crippen molar-refractivity contribution in [3.63, 3.8) is 0 Å². The first kappa shape index (κ1) is 22.9. The number of aliphatic hydroxyl groups excluding tert-OH is 1. The van der Waals surface area contributed by atoms with Crippen LogP contribution < -0.4 is 5.32 Å². The van der Waals surface area contributed by atoms with Crippen LogP contribution in [0.3, 0.4) is 0 Å². The second kappa shape index (κ2) is 11.6. The van der Waals surface area contributed by atoms with E-state index in [0.29, 0.717) is 32.7 Å². The van der Waals surface area contributed by atoms with Crippen molar-refractivity contribution in [3.8, 4) is 0 Å². The number of ether oxygens (including phenoxy) is 2. The predicted octanol–water partition coefficient (Wildman–Crippen LogP) is 1.24. The van der Waals surface area contributed by atoms with Gasteiger partial charge in [0.1, 0.15) is 0 Å². The molecule has 1 saturated carbocycles. The second-order valence-electron chi connectivity index (χ2n) is 9.45. The van der Waals surface area contributed by atoms with Crippen LogP contribution in [-0.4, -0.2) is 98.7 Å². The monoisotopic (exact) mass is 411 g/mol. The number of β-amino-alcohol motifs (C(OH)–C–C–N with tert-alkyl or cyclic N) is 1. The van der Waals surface area contributed by atoms with E-state index in [2.05, 4.69) is 15.1 Å². The Kier molecular flexibility index (Phi) is 9.18. The summed E-state index contributed by atoms with van der Waals surface area (Å²) in [4.78, 5) is 16.9.